The van der Waals surface area contributed by atoms with E-state index in [1.165, 1.54) is 12.4 Å². The van der Waals surface area contributed by atoms with Gasteiger partial charge in [-0.2, -0.15) is 0 Å². The Morgan fingerprint density at radius 3 is 2.70 bits per heavy atom. The molecule has 9 nitrogen and oxygen atoms in total. The SMILES string of the molecule is COc1cccc(Nc2ncnc(NNC(=O)COc3ccc(Cl)cc3Cl)c2N)c1. The fourth-order valence-electron chi connectivity index (χ4n) is 2.33. The van der Waals surface area contributed by atoms with Gasteiger partial charge in [0.2, 0.25) is 0 Å². The lowest BCUT2D eigenvalue weighted by Crippen LogP contribution is -2.34. The van der Waals surface area contributed by atoms with Crippen LogP contribution >= 0.6 is 23.2 Å². The summed E-state index contributed by atoms with van der Waals surface area (Å²) < 4.78 is 10.6. The van der Waals surface area contributed by atoms with Gasteiger partial charge in [-0.1, -0.05) is 29.3 Å². The lowest BCUT2D eigenvalue weighted by Gasteiger charge is -2.14. The van der Waals surface area contributed by atoms with Gasteiger partial charge in [-0.3, -0.25) is 15.6 Å². The average Bonchev–Trinajstić information content (AvgIpc) is 2.74. The number of hydrogen-bond acceptors (Lipinski definition) is 8. The van der Waals surface area contributed by atoms with Crippen molar-refractivity contribution in [3.8, 4) is 11.5 Å². The van der Waals surface area contributed by atoms with Crippen LogP contribution < -0.4 is 31.4 Å². The van der Waals surface area contributed by atoms with Crippen LogP contribution in [-0.4, -0.2) is 29.6 Å². The molecule has 3 aromatic rings. The van der Waals surface area contributed by atoms with Crippen LogP contribution in [0.1, 0.15) is 0 Å². The maximum atomic E-state index is 12.0. The molecule has 1 aromatic heterocycles. The van der Waals surface area contributed by atoms with Gasteiger partial charge in [0, 0.05) is 16.8 Å². The number of nitrogen functional groups attached to an aromatic ring is 1. The molecule has 0 saturated carbocycles. The second-order valence-electron chi connectivity index (χ2n) is 5.88. The third-order valence-electron chi connectivity index (χ3n) is 3.79. The number of nitrogens with zero attached hydrogens (tertiary/aromatic N) is 2. The van der Waals surface area contributed by atoms with Crippen molar-refractivity contribution in [3.05, 3.63) is 58.8 Å². The smallest absolute Gasteiger partial charge is 0.276 e. The summed E-state index contributed by atoms with van der Waals surface area (Å²) in [4.78, 5) is 20.2. The molecule has 3 rings (SSSR count). The molecule has 5 N–H and O–H groups in total. The Labute approximate surface area is 182 Å². The van der Waals surface area contributed by atoms with Crippen molar-refractivity contribution in [2.75, 3.05) is 30.2 Å². The zero-order valence-corrected chi connectivity index (χ0v) is 17.3. The van der Waals surface area contributed by atoms with Crippen LogP contribution in [0, 0.1) is 0 Å². The minimum Gasteiger partial charge on any atom is -0.497 e. The van der Waals surface area contributed by atoms with Crippen molar-refractivity contribution in [1.29, 1.82) is 0 Å². The molecule has 0 aliphatic carbocycles. The summed E-state index contributed by atoms with van der Waals surface area (Å²) in [6, 6.07) is 12.0. The van der Waals surface area contributed by atoms with E-state index in [0.29, 0.717) is 27.4 Å². The first-order valence-electron chi connectivity index (χ1n) is 8.60. The van der Waals surface area contributed by atoms with E-state index in [0.717, 1.165) is 5.69 Å². The predicted molar refractivity (Wildman–Crippen MR) is 116 cm³/mol. The Morgan fingerprint density at radius 1 is 1.13 bits per heavy atom. The van der Waals surface area contributed by atoms with Gasteiger partial charge in [0.1, 0.15) is 23.5 Å². The van der Waals surface area contributed by atoms with Crippen LogP contribution in [0.4, 0.5) is 23.0 Å². The number of carbonyl (C=O) groups is 1. The average molecular weight is 449 g/mol. The Kier molecular flexibility index (Phi) is 6.99. The first kappa shape index (κ1) is 21.3. The number of rotatable bonds is 8. The Morgan fingerprint density at radius 2 is 1.93 bits per heavy atom. The number of amides is 1. The molecule has 0 aliphatic heterocycles. The zero-order chi connectivity index (χ0) is 21.5. The van der Waals surface area contributed by atoms with E-state index in [1.54, 1.807) is 25.3 Å². The Bertz CT molecular complexity index is 1050. The number of carbonyl (C=O) groups excluding carboxylic acids is 1. The number of aromatic nitrogens is 2. The Hall–Kier alpha value is -3.43. The lowest BCUT2D eigenvalue weighted by molar-refractivity contribution is -0.122. The highest BCUT2D eigenvalue weighted by Gasteiger charge is 2.11. The van der Waals surface area contributed by atoms with Crippen molar-refractivity contribution in [2.45, 2.75) is 0 Å². The van der Waals surface area contributed by atoms with Gasteiger partial charge >= 0.3 is 0 Å². The van der Waals surface area contributed by atoms with Crippen LogP contribution in [0.5, 0.6) is 11.5 Å². The molecule has 30 heavy (non-hydrogen) atoms. The summed E-state index contributed by atoms with van der Waals surface area (Å²) in [6.45, 7) is -0.283. The molecule has 0 bridgehead atoms. The number of halogens is 2. The second-order valence-corrected chi connectivity index (χ2v) is 6.72. The summed E-state index contributed by atoms with van der Waals surface area (Å²) in [5.41, 5.74) is 12.1. The fourth-order valence-corrected chi connectivity index (χ4v) is 2.80. The maximum absolute atomic E-state index is 12.0. The summed E-state index contributed by atoms with van der Waals surface area (Å²) in [7, 11) is 1.58. The number of hydrazine groups is 1. The highest BCUT2D eigenvalue weighted by atomic mass is 35.5. The van der Waals surface area contributed by atoms with Gasteiger partial charge in [-0.25, -0.2) is 9.97 Å². The monoisotopic (exact) mass is 448 g/mol. The number of hydrogen-bond donors (Lipinski definition) is 4. The molecule has 1 heterocycles. The van der Waals surface area contributed by atoms with E-state index in [-0.39, 0.29) is 18.1 Å². The highest BCUT2D eigenvalue weighted by molar-refractivity contribution is 6.35. The molecule has 0 spiro atoms. The molecule has 0 fully saturated rings. The summed E-state index contributed by atoms with van der Waals surface area (Å²) >= 11 is 11.8. The van der Waals surface area contributed by atoms with Gasteiger partial charge in [0.05, 0.1) is 12.1 Å². The first-order valence-corrected chi connectivity index (χ1v) is 9.36. The standard InChI is InChI=1S/C19H18Cl2N6O3/c1-29-13-4-2-3-12(8-13)25-18-17(22)19(24-10-23-18)27-26-16(28)9-30-15-6-5-11(20)7-14(15)21/h2-8,10H,9,22H2,1H3,(H,26,28)(H2,23,24,25,27). The molecule has 0 unspecified atom stereocenters. The lowest BCUT2D eigenvalue weighted by atomic mass is 10.3. The molecule has 0 aliphatic rings. The predicted octanol–water partition coefficient (Wildman–Crippen LogP) is 3.64. The molecule has 156 valence electrons. The number of anilines is 4. The minimum absolute atomic E-state index is 0.210. The zero-order valence-electron chi connectivity index (χ0n) is 15.8. The van der Waals surface area contributed by atoms with Crippen molar-refractivity contribution < 1.29 is 14.3 Å². The fraction of sp³-hybridized carbons (Fsp3) is 0.105. The number of nitrogens with one attached hydrogen (secondary N) is 3. The molecule has 11 heteroatoms. The van der Waals surface area contributed by atoms with Gasteiger partial charge < -0.3 is 20.5 Å². The van der Waals surface area contributed by atoms with E-state index < -0.39 is 5.91 Å². The molecular formula is C19H18Cl2N6O3. The van der Waals surface area contributed by atoms with Crippen molar-refractivity contribution in [3.63, 3.8) is 0 Å². The van der Waals surface area contributed by atoms with E-state index >= 15 is 0 Å². The van der Waals surface area contributed by atoms with Crippen molar-refractivity contribution in [1.82, 2.24) is 15.4 Å². The Balaban J connectivity index is 1.58. The third kappa shape index (κ3) is 5.56. The van der Waals surface area contributed by atoms with Gasteiger partial charge in [0.25, 0.3) is 5.91 Å². The van der Waals surface area contributed by atoms with Gasteiger partial charge in [-0.05, 0) is 30.3 Å². The quantitative estimate of drug-likeness (QED) is 0.385. The second kappa shape index (κ2) is 9.86. The maximum Gasteiger partial charge on any atom is 0.276 e. The largest absolute Gasteiger partial charge is 0.497 e. The van der Waals surface area contributed by atoms with Crippen LogP contribution in [0.25, 0.3) is 0 Å². The minimum atomic E-state index is -0.471. The molecule has 0 radical (unpaired) electrons. The summed E-state index contributed by atoms with van der Waals surface area (Å²) in [5.74, 6) is 1.12. The number of ether oxygens (including phenoxy) is 2. The highest BCUT2D eigenvalue weighted by Crippen LogP contribution is 2.28. The van der Waals surface area contributed by atoms with E-state index in [1.807, 2.05) is 18.2 Å². The van der Waals surface area contributed by atoms with E-state index in [4.69, 9.17) is 38.4 Å². The number of methoxy groups -OCH3 is 1. The molecule has 0 saturated heterocycles. The summed E-state index contributed by atoms with van der Waals surface area (Å²) in [5, 5.41) is 3.84. The van der Waals surface area contributed by atoms with Crippen LogP contribution in [0.3, 0.4) is 0 Å². The summed E-state index contributed by atoms with van der Waals surface area (Å²) in [6.07, 6.45) is 1.30. The molecular weight excluding hydrogens is 431 g/mol. The van der Waals surface area contributed by atoms with Crippen LogP contribution in [-0.2, 0) is 4.79 Å². The number of benzene rings is 2. The number of nitrogens with two attached hydrogens (primary N) is 1. The topological polar surface area (TPSA) is 123 Å². The third-order valence-corrected chi connectivity index (χ3v) is 4.32. The van der Waals surface area contributed by atoms with E-state index in [2.05, 4.69) is 26.1 Å². The first-order chi connectivity index (χ1) is 14.5. The molecule has 1 amide bonds. The molecule has 2 aromatic carbocycles. The molecule has 0 atom stereocenters. The van der Waals surface area contributed by atoms with Crippen LogP contribution in [0.2, 0.25) is 10.0 Å². The van der Waals surface area contributed by atoms with Crippen LogP contribution in [0.15, 0.2) is 48.8 Å². The van der Waals surface area contributed by atoms with Gasteiger partial charge in [-0.15, -0.1) is 0 Å². The van der Waals surface area contributed by atoms with Crippen molar-refractivity contribution >= 4 is 52.1 Å². The van der Waals surface area contributed by atoms with Gasteiger partial charge in [0.15, 0.2) is 18.2 Å². The normalized spacial score (nSPS) is 10.2. The van der Waals surface area contributed by atoms with E-state index in [9.17, 15) is 4.79 Å². The van der Waals surface area contributed by atoms with Crippen molar-refractivity contribution in [2.24, 2.45) is 0 Å².